The lowest BCUT2D eigenvalue weighted by atomic mass is 9.96. The second-order valence-electron chi connectivity index (χ2n) is 23.0. The molecule has 94 heavy (non-hydrogen) atoms. The molecule has 29 nitrogen and oxygen atoms in total. The van der Waals surface area contributed by atoms with Crippen molar-refractivity contribution in [3.63, 3.8) is 0 Å². The maximum absolute atomic E-state index is 14.9. The first kappa shape index (κ1) is 78.2. The number of primary amides is 3. The number of hydrogen-bond donors (Lipinski definition) is 13. The van der Waals surface area contributed by atoms with E-state index in [9.17, 15) is 71.8 Å². The van der Waals surface area contributed by atoms with E-state index in [1.54, 1.807) is 39.8 Å². The van der Waals surface area contributed by atoms with Crippen LogP contribution in [0.1, 0.15) is 116 Å². The molecule has 2 fully saturated rings. The molecule has 2 saturated heterocycles. The Balaban J connectivity index is 1.63. The van der Waals surface area contributed by atoms with E-state index in [0.29, 0.717) is 49.0 Å². The first-order valence-corrected chi connectivity index (χ1v) is 34.5. The topological polar surface area (TPSA) is 453 Å². The molecule has 0 saturated carbocycles. The number of rotatable bonds is 32. The zero-order chi connectivity index (χ0) is 69.3. The van der Waals surface area contributed by atoms with Crippen LogP contribution in [-0.4, -0.2) is 185 Å². The van der Waals surface area contributed by atoms with Gasteiger partial charge in [-0.15, -0.1) is 11.8 Å². The van der Waals surface area contributed by atoms with Gasteiger partial charge in [-0.25, -0.2) is 4.39 Å². The van der Waals surface area contributed by atoms with Crippen molar-refractivity contribution < 1.29 is 76.7 Å². The van der Waals surface area contributed by atoms with Crippen LogP contribution in [0.15, 0.2) is 58.6 Å². The van der Waals surface area contributed by atoms with Gasteiger partial charge in [0, 0.05) is 60.7 Å². The predicted octanol–water partition coefficient (Wildman–Crippen LogP) is -0.120. The minimum Gasteiger partial charge on any atom is -0.508 e. The number of nitrogens with zero attached hydrogens (tertiary/aromatic N) is 2. The van der Waals surface area contributed by atoms with Crippen LogP contribution in [-0.2, 0) is 80.3 Å². The molecule has 0 spiro atoms. The average Bonchev–Trinajstić information content (AvgIpc) is 1.62. The van der Waals surface area contributed by atoms with E-state index in [4.69, 9.17) is 22.0 Å². The molecule has 518 valence electrons. The molecule has 16 N–H and O–H groups in total. The maximum Gasteiger partial charge on any atom is 0.260 e. The van der Waals surface area contributed by atoms with Crippen molar-refractivity contribution in [3.05, 3.63) is 59.7 Å². The van der Waals surface area contributed by atoms with Crippen molar-refractivity contribution in [2.24, 2.45) is 34.2 Å². The van der Waals surface area contributed by atoms with Crippen LogP contribution in [0.5, 0.6) is 5.75 Å². The summed E-state index contributed by atoms with van der Waals surface area (Å²) in [5.41, 5.74) is 17.4. The van der Waals surface area contributed by atoms with Gasteiger partial charge in [-0.2, -0.15) is 0 Å². The highest BCUT2D eigenvalue weighted by atomic mass is 33.1. The SMILES string of the molecule is CCC(C)[C@@H]1NC(=O)[C@H](Cc2ccc(O)cc2)NC(=O)[C@@H](NC(=O)CCCCCNC(=O)CO/N=C\CCSc2ccccc2CF)CSSC[C@@H](C(=O)N2CCC[C@H]2C(=O)N[C@@H](CC(C)C)C(=O)NCC(N)=O)NC(=O)[C@H](CC(N)=O)NC(=O)[C@H](CCC(N)=O)NC1=O. The quantitative estimate of drug-likeness (QED) is 0.0149. The average molecular weight is 1370 g/mol. The molecular weight excluding hydrogens is 1280 g/mol. The molecule has 2 heterocycles. The summed E-state index contributed by atoms with van der Waals surface area (Å²) in [7, 11) is 1.91. The summed E-state index contributed by atoms with van der Waals surface area (Å²) in [6.45, 7) is 5.75. The summed E-state index contributed by atoms with van der Waals surface area (Å²) in [4.78, 5) is 184. The van der Waals surface area contributed by atoms with Gasteiger partial charge in [0.1, 0.15) is 60.8 Å². The Morgan fingerprint density at radius 3 is 2.15 bits per heavy atom. The number of alkyl halides is 1. The summed E-state index contributed by atoms with van der Waals surface area (Å²) in [5, 5.41) is 37.4. The lowest BCUT2D eigenvalue weighted by Crippen LogP contribution is -2.62. The highest BCUT2D eigenvalue weighted by molar-refractivity contribution is 8.76. The minimum absolute atomic E-state index is 0.0148. The Labute approximate surface area is 557 Å². The number of halogens is 1. The van der Waals surface area contributed by atoms with Gasteiger partial charge < -0.3 is 79.9 Å². The van der Waals surface area contributed by atoms with Crippen LogP contribution >= 0.6 is 33.3 Å². The summed E-state index contributed by atoms with van der Waals surface area (Å²) in [5.74, 6) is -11.8. The van der Waals surface area contributed by atoms with E-state index in [1.807, 2.05) is 12.1 Å². The van der Waals surface area contributed by atoms with E-state index >= 15 is 0 Å². The van der Waals surface area contributed by atoms with Gasteiger partial charge in [-0.05, 0) is 86.1 Å². The van der Waals surface area contributed by atoms with Crippen molar-refractivity contribution in [2.45, 2.75) is 171 Å². The minimum atomic E-state index is -1.83. The number of phenolic OH excluding ortho intramolecular Hbond substituents is 1. The second kappa shape index (κ2) is 41.5. The summed E-state index contributed by atoms with van der Waals surface area (Å²) < 4.78 is 13.3. The van der Waals surface area contributed by atoms with Crippen molar-refractivity contribution in [2.75, 3.05) is 43.5 Å². The molecule has 0 aliphatic carbocycles. The van der Waals surface area contributed by atoms with E-state index in [2.05, 4.69) is 53.0 Å². The molecule has 4 rings (SSSR count). The Hall–Kier alpha value is -8.20. The highest BCUT2D eigenvalue weighted by Crippen LogP contribution is 2.27. The van der Waals surface area contributed by atoms with Crippen molar-refractivity contribution in [1.29, 1.82) is 0 Å². The van der Waals surface area contributed by atoms with Crippen LogP contribution in [0.4, 0.5) is 4.39 Å². The number of thioether (sulfide) groups is 1. The Bertz CT molecular complexity index is 2970. The van der Waals surface area contributed by atoms with Crippen LogP contribution in [0.25, 0.3) is 0 Å². The highest BCUT2D eigenvalue weighted by Gasteiger charge is 2.41. The lowest BCUT2D eigenvalue weighted by molar-refractivity contribution is -0.142. The molecule has 2 aliphatic rings. The number of unbranched alkanes of at least 4 members (excludes halogenated alkanes) is 2. The van der Waals surface area contributed by atoms with Gasteiger partial charge in [0.25, 0.3) is 5.91 Å². The number of hydrogen-bond acceptors (Lipinski definition) is 19. The first-order valence-electron chi connectivity index (χ1n) is 31.0. The lowest BCUT2D eigenvalue weighted by Gasteiger charge is -2.31. The monoisotopic (exact) mass is 1370 g/mol. The van der Waals surface area contributed by atoms with E-state index in [1.165, 1.54) is 47.1 Å². The third-order valence-corrected chi connectivity index (χ3v) is 18.5. The number of carbonyl (C=O) groups is 13. The van der Waals surface area contributed by atoms with Gasteiger partial charge in [0.2, 0.25) is 70.9 Å². The number of amides is 13. The number of nitrogens with two attached hydrogens (primary N) is 3. The third kappa shape index (κ3) is 28.2. The van der Waals surface area contributed by atoms with Gasteiger partial charge in [0.15, 0.2) is 6.61 Å². The van der Waals surface area contributed by atoms with Crippen LogP contribution in [0.2, 0.25) is 0 Å². The van der Waals surface area contributed by atoms with E-state index in [-0.39, 0.29) is 75.0 Å². The third-order valence-electron chi connectivity index (χ3n) is 15.0. The van der Waals surface area contributed by atoms with Crippen LogP contribution in [0.3, 0.4) is 0 Å². The Kier molecular flexibility index (Phi) is 34.5. The maximum atomic E-state index is 14.9. The number of aromatic hydroxyl groups is 1. The van der Waals surface area contributed by atoms with E-state index < -0.39 is 164 Å². The largest absolute Gasteiger partial charge is 0.508 e. The number of oxime groups is 1. The molecule has 33 heteroatoms. The molecule has 13 amide bonds. The standard InChI is InChI=1S/C61H89FN14O15S3/c1-5-36(4)53-60(89)70-40(21-22-48(63)78)55(84)72-43(29-49(64)79)56(85)74-45(61(90)76-25-11-14-46(76)59(88)73-41(27-35(2)3)54(83)67-31-50(65)80)34-94-93-33-44(58(87)71-42(57(86)75-53)28-37-17-19-39(77)20-18-37)69-51(81)16-7-6-10-23-66-52(82)32-91-68-24-12-26-92-47-15-9-8-13-38(47)30-62/h8-9,13,15,17-20,24,35-36,40-46,53,77H,5-7,10-12,14,16,21-23,25-34H2,1-4H3,(H2,63,78)(H2,64,79)(H2,65,80)(H,66,82)(H,67,83)(H,69,81)(H,70,89)(H,71,87)(H,72,84)(H,73,88)(H,74,85)(H,75,86)/b68-24-/t36?,40-,41-,42-,43-,44-,45-,46-,53-/m0/s1. The Morgan fingerprint density at radius 2 is 1.47 bits per heavy atom. The molecule has 2 aromatic carbocycles. The molecule has 0 aromatic heterocycles. The van der Waals surface area contributed by atoms with Gasteiger partial charge in [0.05, 0.1) is 13.0 Å². The first-order chi connectivity index (χ1) is 44.8. The van der Waals surface area contributed by atoms with Gasteiger partial charge in [-0.1, -0.05) is 97.6 Å². The molecule has 2 aromatic rings. The van der Waals surface area contributed by atoms with Crippen LogP contribution < -0.4 is 65.1 Å². The van der Waals surface area contributed by atoms with Gasteiger partial charge >= 0.3 is 0 Å². The summed E-state index contributed by atoms with van der Waals surface area (Å²) in [6, 6.07) is 1.17. The Morgan fingerprint density at radius 1 is 0.787 bits per heavy atom. The summed E-state index contributed by atoms with van der Waals surface area (Å²) in [6.07, 6.45) is 1.97. The van der Waals surface area contributed by atoms with Crippen molar-refractivity contribution in [3.8, 4) is 5.75 Å². The molecule has 2 aliphatic heterocycles. The van der Waals surface area contributed by atoms with Crippen LogP contribution in [0, 0.1) is 11.8 Å². The smallest absolute Gasteiger partial charge is 0.260 e. The van der Waals surface area contributed by atoms with Crippen molar-refractivity contribution >= 4 is 116 Å². The normalized spacial score (nSPS) is 20.9. The number of carbonyl (C=O) groups excluding carboxylic acids is 13. The molecular formula is C61H89FN14O15S3. The molecule has 0 radical (unpaired) electrons. The number of benzene rings is 2. The zero-order valence-corrected chi connectivity index (χ0v) is 55.7. The fraction of sp³-hybridized carbons (Fsp3) is 0.574. The second-order valence-corrected chi connectivity index (χ2v) is 26.7. The molecule has 0 bridgehead atoms. The molecule has 1 unspecified atom stereocenters. The van der Waals surface area contributed by atoms with Gasteiger partial charge in [-0.3, -0.25) is 62.3 Å². The number of nitrogens with one attached hydrogen (secondary N) is 9. The fourth-order valence-corrected chi connectivity index (χ4v) is 13.0. The zero-order valence-electron chi connectivity index (χ0n) is 53.2. The van der Waals surface area contributed by atoms with E-state index in [0.717, 1.165) is 26.5 Å². The predicted molar refractivity (Wildman–Crippen MR) is 351 cm³/mol. The number of likely N-dealkylation sites (tertiary alicyclic amines) is 1. The van der Waals surface area contributed by atoms with Crippen molar-refractivity contribution in [1.82, 2.24) is 52.8 Å². The molecule has 9 atom stereocenters. The summed E-state index contributed by atoms with van der Waals surface area (Å²) >= 11 is 1.47. The number of phenols is 1. The fourth-order valence-electron chi connectivity index (χ4n) is 9.75.